The molecule has 1 heterocycles. The molecule has 1 rings (SSSR count). The maximum atomic E-state index is 12.5. The summed E-state index contributed by atoms with van der Waals surface area (Å²) in [5.41, 5.74) is 10.3. The number of aromatic nitrogens is 1. The quantitative estimate of drug-likeness (QED) is 0.198. The Morgan fingerprint density at radius 2 is 1.75 bits per heavy atom. The minimum atomic E-state index is -0.607. The predicted octanol–water partition coefficient (Wildman–Crippen LogP) is 5.77. The lowest BCUT2D eigenvalue weighted by Gasteiger charge is -2.18. The molecule has 1 aromatic heterocycles. The van der Waals surface area contributed by atoms with E-state index in [9.17, 15) is 9.59 Å². The molecule has 0 spiro atoms. The highest BCUT2D eigenvalue weighted by atomic mass is 32.2. The SMILES string of the molecule is CC(C)=CCCC(C)=CCCC(C)=CCSCC(Nc1ncccc1C)C(=O)CC(N)=O. The van der Waals surface area contributed by atoms with Crippen LogP contribution in [0.1, 0.15) is 65.4 Å². The molecule has 1 amide bonds. The zero-order valence-electron chi connectivity index (χ0n) is 20.2. The Morgan fingerprint density at radius 1 is 1.09 bits per heavy atom. The van der Waals surface area contributed by atoms with Crippen molar-refractivity contribution < 1.29 is 9.59 Å². The molecule has 0 radical (unpaired) electrons. The van der Waals surface area contributed by atoms with Crippen molar-refractivity contribution in [3.05, 3.63) is 58.8 Å². The largest absolute Gasteiger partial charge is 0.369 e. The fraction of sp³-hybridized carbons (Fsp3) is 0.500. The molecule has 32 heavy (non-hydrogen) atoms. The van der Waals surface area contributed by atoms with E-state index in [-0.39, 0.29) is 12.2 Å². The number of anilines is 1. The van der Waals surface area contributed by atoms with E-state index in [0.29, 0.717) is 11.6 Å². The van der Waals surface area contributed by atoms with Gasteiger partial charge in [-0.1, -0.05) is 41.0 Å². The number of ketones is 1. The number of hydrogen-bond acceptors (Lipinski definition) is 5. The van der Waals surface area contributed by atoms with Crippen molar-refractivity contribution in [1.82, 2.24) is 4.98 Å². The smallest absolute Gasteiger partial charge is 0.224 e. The number of thioether (sulfide) groups is 1. The fourth-order valence-electron chi connectivity index (χ4n) is 3.04. The molecule has 0 aliphatic carbocycles. The molecular formula is C26H39N3O2S. The van der Waals surface area contributed by atoms with Gasteiger partial charge in [0.05, 0.1) is 12.5 Å². The third kappa shape index (κ3) is 12.5. The average Bonchev–Trinajstić information content (AvgIpc) is 2.70. The van der Waals surface area contributed by atoms with Crippen LogP contribution in [0.5, 0.6) is 0 Å². The van der Waals surface area contributed by atoms with Crippen LogP contribution < -0.4 is 11.1 Å². The number of primary amides is 1. The number of allylic oxidation sites excluding steroid dienone is 5. The molecule has 176 valence electrons. The van der Waals surface area contributed by atoms with Crippen molar-refractivity contribution >= 4 is 29.3 Å². The van der Waals surface area contributed by atoms with Crippen LogP contribution in [0, 0.1) is 6.92 Å². The van der Waals surface area contributed by atoms with Gasteiger partial charge in [0.15, 0.2) is 5.78 Å². The lowest BCUT2D eigenvalue weighted by atomic mass is 10.1. The van der Waals surface area contributed by atoms with Gasteiger partial charge in [-0.25, -0.2) is 4.98 Å². The van der Waals surface area contributed by atoms with Gasteiger partial charge in [-0.2, -0.15) is 11.8 Å². The summed E-state index contributed by atoms with van der Waals surface area (Å²) in [5, 5.41) is 3.19. The van der Waals surface area contributed by atoms with Crippen LogP contribution in [-0.2, 0) is 9.59 Å². The molecule has 5 nitrogen and oxygen atoms in total. The van der Waals surface area contributed by atoms with E-state index < -0.39 is 11.9 Å². The Labute approximate surface area is 198 Å². The van der Waals surface area contributed by atoms with Crippen LogP contribution in [-0.4, -0.2) is 34.2 Å². The number of aryl methyl sites for hydroxylation is 1. The first kappa shape index (κ1) is 27.7. The topological polar surface area (TPSA) is 85.1 Å². The Kier molecular flexibility index (Phi) is 13.4. The number of nitrogens with zero attached hydrogens (tertiary/aromatic N) is 1. The molecule has 0 aromatic carbocycles. The Bertz CT molecular complexity index is 839. The minimum absolute atomic E-state index is 0.204. The number of hydrogen-bond donors (Lipinski definition) is 2. The Hall–Kier alpha value is -2.34. The average molecular weight is 458 g/mol. The molecule has 1 atom stereocenters. The lowest BCUT2D eigenvalue weighted by molar-refractivity contribution is -0.126. The predicted molar refractivity (Wildman–Crippen MR) is 138 cm³/mol. The van der Waals surface area contributed by atoms with E-state index in [1.165, 1.54) is 16.7 Å². The highest BCUT2D eigenvalue weighted by Gasteiger charge is 2.21. The minimum Gasteiger partial charge on any atom is -0.369 e. The van der Waals surface area contributed by atoms with Crippen LogP contribution in [0.2, 0.25) is 0 Å². The van der Waals surface area contributed by atoms with Crippen molar-refractivity contribution in [3.63, 3.8) is 0 Å². The lowest BCUT2D eigenvalue weighted by Crippen LogP contribution is -2.35. The molecule has 6 heteroatoms. The highest BCUT2D eigenvalue weighted by Crippen LogP contribution is 2.16. The summed E-state index contributed by atoms with van der Waals surface area (Å²) in [6.45, 7) is 10.6. The number of pyridine rings is 1. The fourth-order valence-corrected chi connectivity index (χ4v) is 4.08. The van der Waals surface area contributed by atoms with Crippen molar-refractivity contribution in [2.24, 2.45) is 5.73 Å². The molecule has 0 bridgehead atoms. The molecular weight excluding hydrogens is 418 g/mol. The maximum absolute atomic E-state index is 12.5. The van der Waals surface area contributed by atoms with Crippen LogP contribution in [0.4, 0.5) is 5.82 Å². The molecule has 1 aromatic rings. The van der Waals surface area contributed by atoms with Gasteiger partial charge in [-0.3, -0.25) is 9.59 Å². The van der Waals surface area contributed by atoms with Crippen LogP contribution in [0.15, 0.2) is 53.3 Å². The number of Topliss-reactive ketones (excluding diaryl/α,β-unsaturated/α-hetero) is 1. The van der Waals surface area contributed by atoms with E-state index in [1.54, 1.807) is 18.0 Å². The van der Waals surface area contributed by atoms with E-state index in [4.69, 9.17) is 5.73 Å². The van der Waals surface area contributed by atoms with E-state index in [2.05, 4.69) is 56.2 Å². The Morgan fingerprint density at radius 3 is 2.38 bits per heavy atom. The normalized spacial score (nSPS) is 12.9. The van der Waals surface area contributed by atoms with Gasteiger partial charge < -0.3 is 11.1 Å². The zero-order chi connectivity index (χ0) is 23.9. The maximum Gasteiger partial charge on any atom is 0.224 e. The van der Waals surface area contributed by atoms with Gasteiger partial charge in [0.2, 0.25) is 5.91 Å². The molecule has 3 N–H and O–H groups in total. The summed E-state index contributed by atoms with van der Waals surface area (Å²) in [6.07, 6.45) is 12.6. The van der Waals surface area contributed by atoms with Gasteiger partial charge in [-0.05, 0) is 71.9 Å². The number of carbonyl (C=O) groups is 2. The molecule has 0 aliphatic heterocycles. The zero-order valence-corrected chi connectivity index (χ0v) is 21.1. The molecule has 0 saturated carbocycles. The first-order valence-electron chi connectivity index (χ1n) is 11.2. The van der Waals surface area contributed by atoms with Gasteiger partial charge >= 0.3 is 0 Å². The van der Waals surface area contributed by atoms with Crippen LogP contribution in [0.25, 0.3) is 0 Å². The van der Waals surface area contributed by atoms with Gasteiger partial charge in [-0.15, -0.1) is 0 Å². The monoisotopic (exact) mass is 457 g/mol. The molecule has 1 unspecified atom stereocenters. The highest BCUT2D eigenvalue weighted by molar-refractivity contribution is 7.99. The second-order valence-electron chi connectivity index (χ2n) is 8.47. The number of amides is 1. The second-order valence-corrected chi connectivity index (χ2v) is 9.55. The van der Waals surface area contributed by atoms with Crippen LogP contribution in [0.3, 0.4) is 0 Å². The summed E-state index contributed by atoms with van der Waals surface area (Å²) in [7, 11) is 0. The Balaban J connectivity index is 2.51. The summed E-state index contributed by atoms with van der Waals surface area (Å²) in [4.78, 5) is 28.0. The van der Waals surface area contributed by atoms with Gasteiger partial charge in [0, 0.05) is 17.7 Å². The van der Waals surface area contributed by atoms with E-state index >= 15 is 0 Å². The van der Waals surface area contributed by atoms with Gasteiger partial charge in [0.25, 0.3) is 0 Å². The number of carbonyl (C=O) groups excluding carboxylic acids is 2. The van der Waals surface area contributed by atoms with Crippen molar-refractivity contribution in [2.75, 3.05) is 16.8 Å². The van der Waals surface area contributed by atoms with Crippen molar-refractivity contribution in [3.8, 4) is 0 Å². The molecule has 0 aliphatic rings. The van der Waals surface area contributed by atoms with Crippen LogP contribution >= 0.6 is 11.8 Å². The molecule has 0 saturated heterocycles. The molecule has 0 fully saturated rings. The van der Waals surface area contributed by atoms with Crippen molar-refractivity contribution in [2.45, 2.75) is 72.8 Å². The third-order valence-electron chi connectivity index (χ3n) is 5.01. The summed E-state index contributed by atoms with van der Waals surface area (Å²) < 4.78 is 0. The van der Waals surface area contributed by atoms with E-state index in [1.807, 2.05) is 19.1 Å². The van der Waals surface area contributed by atoms with E-state index in [0.717, 1.165) is 37.0 Å². The first-order chi connectivity index (χ1) is 15.2. The number of nitrogens with one attached hydrogen (secondary N) is 1. The standard InChI is InChI=1S/C26H39N3O2S/c1-19(2)9-6-10-20(3)11-7-12-21(4)14-16-32-18-23(24(30)17-25(27)31)29-26-22(5)13-8-15-28-26/h8-9,11,13-15,23H,6-7,10,12,16-18H2,1-5H3,(H2,27,31)(H,28,29). The summed E-state index contributed by atoms with van der Waals surface area (Å²) in [6, 6.07) is 3.28. The summed E-state index contributed by atoms with van der Waals surface area (Å²) in [5.74, 6) is 1.22. The third-order valence-corrected chi connectivity index (χ3v) is 5.99. The summed E-state index contributed by atoms with van der Waals surface area (Å²) >= 11 is 1.66. The first-order valence-corrected chi connectivity index (χ1v) is 12.4. The number of rotatable bonds is 15. The number of nitrogens with two attached hydrogens (primary N) is 1. The second kappa shape index (κ2) is 15.5. The van der Waals surface area contributed by atoms with Crippen molar-refractivity contribution in [1.29, 1.82) is 0 Å². The van der Waals surface area contributed by atoms with Gasteiger partial charge in [0.1, 0.15) is 5.82 Å².